The fourth-order valence-electron chi connectivity index (χ4n) is 5.50. The van der Waals surface area contributed by atoms with Gasteiger partial charge in [-0.15, -0.1) is 0 Å². The molecule has 1 aromatic carbocycles. The SMILES string of the molecule is Cc1cc(C)c[n+](CCC[n+]2ccc(-c3cc[n+](CCOCCOCCOc4c(C(C)C)cccc4C(C)C)cc3)cc2)c1. The fourth-order valence-corrected chi connectivity index (χ4v) is 5.50. The molecule has 0 aliphatic heterocycles. The number of rotatable bonds is 17. The lowest BCUT2D eigenvalue weighted by molar-refractivity contribution is -0.727. The number of hydrogen-bond donors (Lipinski definition) is 0. The first-order chi connectivity index (χ1) is 21.3. The number of aromatic nitrogens is 3. The average molecular weight is 599 g/mol. The van der Waals surface area contributed by atoms with Crippen molar-refractivity contribution >= 4 is 0 Å². The van der Waals surface area contributed by atoms with Crippen molar-refractivity contribution in [2.24, 2.45) is 0 Å². The summed E-state index contributed by atoms with van der Waals surface area (Å²) in [6, 6.07) is 17.4. The number of para-hydroxylation sites is 1. The molecule has 6 nitrogen and oxygen atoms in total. The third kappa shape index (κ3) is 10.2. The molecular formula is C38H52N3O3+3. The third-order valence-corrected chi connectivity index (χ3v) is 7.80. The Labute approximate surface area is 264 Å². The predicted molar refractivity (Wildman–Crippen MR) is 175 cm³/mol. The molecule has 0 saturated heterocycles. The zero-order valence-electron chi connectivity index (χ0n) is 27.7. The van der Waals surface area contributed by atoms with Crippen LogP contribution in [-0.4, -0.2) is 33.0 Å². The molecule has 0 radical (unpaired) electrons. The van der Waals surface area contributed by atoms with E-state index in [0.29, 0.717) is 44.9 Å². The van der Waals surface area contributed by atoms with Gasteiger partial charge in [-0.05, 0) is 54.0 Å². The van der Waals surface area contributed by atoms with Gasteiger partial charge in [-0.3, -0.25) is 0 Å². The van der Waals surface area contributed by atoms with Gasteiger partial charge in [0.1, 0.15) is 19.0 Å². The Morgan fingerprint density at radius 2 is 1.05 bits per heavy atom. The lowest BCUT2D eigenvalue weighted by Crippen LogP contribution is -2.38. The van der Waals surface area contributed by atoms with Gasteiger partial charge in [0.2, 0.25) is 0 Å². The first-order valence-corrected chi connectivity index (χ1v) is 16.2. The molecule has 6 heteroatoms. The van der Waals surface area contributed by atoms with Crippen LogP contribution in [0.1, 0.15) is 68.2 Å². The Kier molecular flexibility index (Phi) is 12.9. The summed E-state index contributed by atoms with van der Waals surface area (Å²) in [6.45, 7) is 18.8. The van der Waals surface area contributed by atoms with Crippen LogP contribution in [0.25, 0.3) is 11.1 Å². The summed E-state index contributed by atoms with van der Waals surface area (Å²) in [5.41, 5.74) is 7.58. The van der Waals surface area contributed by atoms with Gasteiger partial charge in [0, 0.05) is 35.4 Å². The van der Waals surface area contributed by atoms with E-state index in [1.807, 2.05) is 0 Å². The maximum atomic E-state index is 6.19. The second kappa shape index (κ2) is 17.0. The van der Waals surface area contributed by atoms with Crippen LogP contribution in [0.4, 0.5) is 0 Å². The number of ether oxygens (including phenoxy) is 3. The van der Waals surface area contributed by atoms with Crippen LogP contribution < -0.4 is 18.4 Å². The number of hydrogen-bond acceptors (Lipinski definition) is 3. The summed E-state index contributed by atoms with van der Waals surface area (Å²) in [6.07, 6.45) is 14.1. The van der Waals surface area contributed by atoms with Crippen molar-refractivity contribution in [2.75, 3.05) is 33.0 Å². The normalized spacial score (nSPS) is 11.5. The quantitative estimate of drug-likeness (QED) is 0.106. The molecule has 0 unspecified atom stereocenters. The van der Waals surface area contributed by atoms with Crippen molar-refractivity contribution in [3.05, 3.63) is 108 Å². The monoisotopic (exact) mass is 598 g/mol. The van der Waals surface area contributed by atoms with Crippen molar-refractivity contribution in [3.8, 4) is 16.9 Å². The Hall–Kier alpha value is -3.61. The Balaban J connectivity index is 1.10. The molecule has 0 amide bonds. The van der Waals surface area contributed by atoms with E-state index in [4.69, 9.17) is 14.2 Å². The van der Waals surface area contributed by atoms with E-state index < -0.39 is 0 Å². The van der Waals surface area contributed by atoms with Crippen LogP contribution in [0, 0.1) is 13.8 Å². The van der Waals surface area contributed by atoms with Gasteiger partial charge in [0.15, 0.2) is 56.8 Å². The summed E-state index contributed by atoms with van der Waals surface area (Å²) in [4.78, 5) is 0. The summed E-state index contributed by atoms with van der Waals surface area (Å²) >= 11 is 0. The minimum atomic E-state index is 0.423. The summed E-state index contributed by atoms with van der Waals surface area (Å²) < 4.78 is 24.5. The number of nitrogens with zero attached hydrogens (tertiary/aromatic N) is 3. The van der Waals surface area contributed by atoms with Crippen molar-refractivity contribution in [1.29, 1.82) is 0 Å². The highest BCUT2D eigenvalue weighted by Gasteiger charge is 2.15. The highest BCUT2D eigenvalue weighted by Crippen LogP contribution is 2.34. The van der Waals surface area contributed by atoms with Gasteiger partial charge in [-0.1, -0.05) is 45.9 Å². The van der Waals surface area contributed by atoms with Crippen LogP contribution in [-0.2, 0) is 29.1 Å². The minimum absolute atomic E-state index is 0.423. The second-order valence-electron chi connectivity index (χ2n) is 12.3. The van der Waals surface area contributed by atoms with E-state index in [9.17, 15) is 0 Å². The van der Waals surface area contributed by atoms with E-state index in [2.05, 4.69) is 141 Å². The first-order valence-electron chi connectivity index (χ1n) is 16.2. The lowest BCUT2D eigenvalue weighted by atomic mass is 9.94. The first kappa shape index (κ1) is 33.3. The molecule has 4 rings (SSSR count). The third-order valence-electron chi connectivity index (χ3n) is 7.80. The molecule has 0 aliphatic rings. The van der Waals surface area contributed by atoms with E-state index >= 15 is 0 Å². The molecular weight excluding hydrogens is 546 g/mol. The zero-order valence-corrected chi connectivity index (χ0v) is 27.7. The van der Waals surface area contributed by atoms with Crippen LogP contribution >= 0.6 is 0 Å². The fraction of sp³-hybridized carbons (Fsp3) is 0.447. The summed E-state index contributed by atoms with van der Waals surface area (Å²) in [5, 5.41) is 0. The van der Waals surface area contributed by atoms with Crippen LogP contribution in [0.2, 0.25) is 0 Å². The highest BCUT2D eigenvalue weighted by atomic mass is 16.5. The van der Waals surface area contributed by atoms with Gasteiger partial charge in [0.05, 0.1) is 26.2 Å². The maximum absolute atomic E-state index is 6.19. The molecule has 4 aromatic rings. The van der Waals surface area contributed by atoms with E-state index in [-0.39, 0.29) is 0 Å². The van der Waals surface area contributed by atoms with Crippen molar-refractivity contribution in [2.45, 2.75) is 79.4 Å². The molecule has 0 atom stereocenters. The molecule has 44 heavy (non-hydrogen) atoms. The molecule has 0 fully saturated rings. The van der Waals surface area contributed by atoms with E-state index in [1.165, 1.54) is 33.4 Å². The van der Waals surface area contributed by atoms with E-state index in [1.54, 1.807) is 0 Å². The number of aryl methyl sites for hydroxylation is 4. The predicted octanol–water partition coefficient (Wildman–Crippen LogP) is 6.28. The number of benzene rings is 1. The zero-order chi connectivity index (χ0) is 31.3. The second-order valence-corrected chi connectivity index (χ2v) is 12.3. The largest absolute Gasteiger partial charge is 0.491 e. The summed E-state index contributed by atoms with van der Waals surface area (Å²) in [5.74, 6) is 1.87. The standard InChI is InChI=1S/C38H52N3O3/c1-30(2)36-9-7-10-37(31(3)4)38(36)44-26-25-43-24-23-42-22-21-40-19-13-35(14-20-40)34-11-17-39(18-12-34)15-8-16-41-28-32(5)27-33(6)29-41/h7,9-14,17-20,27-31H,8,15-16,21-26H2,1-6H3/q+3. The van der Waals surface area contributed by atoms with E-state index in [0.717, 1.165) is 31.8 Å². The van der Waals surface area contributed by atoms with Crippen LogP contribution in [0.3, 0.4) is 0 Å². The van der Waals surface area contributed by atoms with Crippen molar-refractivity contribution < 1.29 is 27.9 Å². The topological polar surface area (TPSA) is 39.3 Å². The minimum Gasteiger partial charge on any atom is -0.491 e. The maximum Gasteiger partial charge on any atom is 0.171 e. The van der Waals surface area contributed by atoms with Gasteiger partial charge in [-0.2, -0.15) is 0 Å². The molecule has 3 heterocycles. The van der Waals surface area contributed by atoms with Crippen LogP contribution in [0.5, 0.6) is 5.75 Å². The van der Waals surface area contributed by atoms with Gasteiger partial charge >= 0.3 is 0 Å². The molecule has 0 spiro atoms. The number of pyridine rings is 3. The summed E-state index contributed by atoms with van der Waals surface area (Å²) in [7, 11) is 0. The van der Waals surface area contributed by atoms with Crippen LogP contribution in [0.15, 0.2) is 85.7 Å². The Morgan fingerprint density at radius 3 is 1.59 bits per heavy atom. The molecule has 234 valence electrons. The average Bonchev–Trinajstić information content (AvgIpc) is 3.00. The lowest BCUT2D eigenvalue weighted by Gasteiger charge is -2.20. The molecule has 3 aromatic heterocycles. The van der Waals surface area contributed by atoms with Crippen molar-refractivity contribution in [1.82, 2.24) is 0 Å². The Bertz CT molecular complexity index is 1390. The van der Waals surface area contributed by atoms with Gasteiger partial charge in [-0.25, -0.2) is 13.7 Å². The van der Waals surface area contributed by atoms with Gasteiger partial charge in [0.25, 0.3) is 0 Å². The molecule has 0 saturated carbocycles. The van der Waals surface area contributed by atoms with Gasteiger partial charge < -0.3 is 14.2 Å². The highest BCUT2D eigenvalue weighted by molar-refractivity contribution is 5.60. The molecule has 0 aliphatic carbocycles. The smallest absolute Gasteiger partial charge is 0.171 e. The Morgan fingerprint density at radius 1 is 0.568 bits per heavy atom. The molecule has 0 bridgehead atoms. The molecule has 0 N–H and O–H groups in total. The van der Waals surface area contributed by atoms with Crippen molar-refractivity contribution in [3.63, 3.8) is 0 Å².